The summed E-state index contributed by atoms with van der Waals surface area (Å²) in [5.74, 6) is 1.76. The number of hydrogen-bond acceptors (Lipinski definition) is 6. The van der Waals surface area contributed by atoms with E-state index in [1.165, 1.54) is 5.56 Å². The summed E-state index contributed by atoms with van der Waals surface area (Å²) in [6.07, 6.45) is 5.92. The second kappa shape index (κ2) is 11.8. The molecule has 172 valence electrons. The minimum Gasteiger partial charge on any atom is -0.355 e. The van der Waals surface area contributed by atoms with E-state index in [0.717, 1.165) is 83.7 Å². The highest BCUT2D eigenvalue weighted by Crippen LogP contribution is 2.14. The molecule has 3 heterocycles. The number of aromatic nitrogens is 2. The zero-order valence-corrected chi connectivity index (χ0v) is 19.2. The van der Waals surface area contributed by atoms with Gasteiger partial charge in [-0.25, -0.2) is 9.97 Å². The number of rotatable bonds is 7. The third-order valence-corrected chi connectivity index (χ3v) is 6.33. The first kappa shape index (κ1) is 22.5. The fourth-order valence-electron chi connectivity index (χ4n) is 4.42. The van der Waals surface area contributed by atoms with Crippen LogP contribution < -0.4 is 15.5 Å². The Kier molecular flexibility index (Phi) is 8.28. The number of anilines is 1. The molecule has 32 heavy (non-hydrogen) atoms. The van der Waals surface area contributed by atoms with Gasteiger partial charge in [0.25, 0.3) is 0 Å². The van der Waals surface area contributed by atoms with E-state index in [2.05, 4.69) is 70.6 Å². The Morgan fingerprint density at radius 2 is 1.66 bits per heavy atom. The van der Waals surface area contributed by atoms with Crippen LogP contribution in [-0.4, -0.2) is 91.2 Å². The highest BCUT2D eigenvalue weighted by molar-refractivity contribution is 5.79. The van der Waals surface area contributed by atoms with E-state index < -0.39 is 0 Å². The number of guanidine groups is 1. The van der Waals surface area contributed by atoms with Crippen molar-refractivity contribution >= 4 is 11.9 Å². The fourth-order valence-corrected chi connectivity index (χ4v) is 4.42. The SMILES string of the molecule is CN=C(NCCN1CCN(c2ncccn2)CC1)NC1CCN(Cc2ccccc2)CC1. The van der Waals surface area contributed by atoms with Gasteiger partial charge in [0.15, 0.2) is 5.96 Å². The van der Waals surface area contributed by atoms with Crippen LogP contribution in [0.3, 0.4) is 0 Å². The highest BCUT2D eigenvalue weighted by Gasteiger charge is 2.21. The van der Waals surface area contributed by atoms with Gasteiger partial charge in [-0.2, -0.15) is 0 Å². The molecule has 2 fully saturated rings. The van der Waals surface area contributed by atoms with Gasteiger partial charge in [-0.05, 0) is 24.5 Å². The fraction of sp³-hybridized carbons (Fsp3) is 0.542. The summed E-state index contributed by atoms with van der Waals surface area (Å²) in [5, 5.41) is 7.13. The molecule has 1 aromatic heterocycles. The first-order chi connectivity index (χ1) is 15.8. The Morgan fingerprint density at radius 1 is 0.938 bits per heavy atom. The molecule has 4 rings (SSSR count). The lowest BCUT2D eigenvalue weighted by atomic mass is 10.0. The second-order valence-corrected chi connectivity index (χ2v) is 8.56. The van der Waals surface area contributed by atoms with Crippen LogP contribution in [0.2, 0.25) is 0 Å². The number of benzene rings is 1. The lowest BCUT2D eigenvalue weighted by Gasteiger charge is -2.35. The Balaban J connectivity index is 1.11. The lowest BCUT2D eigenvalue weighted by molar-refractivity contribution is 0.198. The van der Waals surface area contributed by atoms with E-state index in [9.17, 15) is 0 Å². The monoisotopic (exact) mass is 436 g/mol. The van der Waals surface area contributed by atoms with Gasteiger partial charge in [-0.15, -0.1) is 0 Å². The molecule has 2 aliphatic rings. The Labute approximate surface area is 191 Å². The molecular formula is C24H36N8. The predicted molar refractivity (Wildman–Crippen MR) is 130 cm³/mol. The van der Waals surface area contributed by atoms with E-state index >= 15 is 0 Å². The largest absolute Gasteiger partial charge is 0.355 e. The van der Waals surface area contributed by atoms with Crippen LogP contribution >= 0.6 is 0 Å². The second-order valence-electron chi connectivity index (χ2n) is 8.56. The van der Waals surface area contributed by atoms with Gasteiger partial charge in [0.2, 0.25) is 5.95 Å². The van der Waals surface area contributed by atoms with Crippen molar-refractivity contribution in [2.24, 2.45) is 4.99 Å². The zero-order valence-electron chi connectivity index (χ0n) is 19.2. The van der Waals surface area contributed by atoms with Crippen molar-refractivity contribution in [2.45, 2.75) is 25.4 Å². The Morgan fingerprint density at radius 3 is 2.34 bits per heavy atom. The third kappa shape index (κ3) is 6.64. The molecule has 0 aliphatic carbocycles. The summed E-state index contributed by atoms with van der Waals surface area (Å²) < 4.78 is 0. The topological polar surface area (TPSA) is 71.9 Å². The van der Waals surface area contributed by atoms with E-state index in [1.807, 2.05) is 25.5 Å². The molecule has 0 amide bonds. The van der Waals surface area contributed by atoms with Crippen molar-refractivity contribution in [1.82, 2.24) is 30.4 Å². The number of piperidine rings is 1. The van der Waals surface area contributed by atoms with Crippen molar-refractivity contribution in [3.05, 3.63) is 54.4 Å². The highest BCUT2D eigenvalue weighted by atomic mass is 15.3. The minimum atomic E-state index is 0.489. The minimum absolute atomic E-state index is 0.489. The molecule has 2 aromatic rings. The summed E-state index contributed by atoms with van der Waals surface area (Å²) in [4.78, 5) is 20.5. The maximum absolute atomic E-state index is 4.44. The zero-order chi connectivity index (χ0) is 22.0. The molecule has 2 saturated heterocycles. The normalized spacial score (nSPS) is 19.2. The molecule has 0 radical (unpaired) electrons. The predicted octanol–water partition coefficient (Wildman–Crippen LogP) is 1.43. The average Bonchev–Trinajstić information content (AvgIpc) is 2.86. The van der Waals surface area contributed by atoms with E-state index in [4.69, 9.17) is 0 Å². The van der Waals surface area contributed by atoms with Crippen molar-refractivity contribution in [3.8, 4) is 0 Å². The van der Waals surface area contributed by atoms with Gasteiger partial charge in [-0.3, -0.25) is 14.8 Å². The molecule has 8 nitrogen and oxygen atoms in total. The van der Waals surface area contributed by atoms with Gasteiger partial charge >= 0.3 is 0 Å². The van der Waals surface area contributed by atoms with Gasteiger partial charge in [0.1, 0.15) is 0 Å². The van der Waals surface area contributed by atoms with Gasteiger partial charge in [-0.1, -0.05) is 30.3 Å². The smallest absolute Gasteiger partial charge is 0.225 e. The van der Waals surface area contributed by atoms with Crippen molar-refractivity contribution in [3.63, 3.8) is 0 Å². The molecule has 0 saturated carbocycles. The molecule has 2 N–H and O–H groups in total. The van der Waals surface area contributed by atoms with E-state index in [1.54, 1.807) is 0 Å². The molecule has 0 bridgehead atoms. The molecule has 0 unspecified atom stereocenters. The van der Waals surface area contributed by atoms with Crippen LogP contribution in [0.25, 0.3) is 0 Å². The lowest BCUT2D eigenvalue weighted by Crippen LogP contribution is -2.51. The Bertz CT molecular complexity index is 812. The van der Waals surface area contributed by atoms with Crippen molar-refractivity contribution < 1.29 is 0 Å². The first-order valence-corrected chi connectivity index (χ1v) is 11.8. The molecular weight excluding hydrogens is 400 g/mol. The quantitative estimate of drug-likeness (QED) is 0.503. The molecule has 8 heteroatoms. The van der Waals surface area contributed by atoms with E-state index in [-0.39, 0.29) is 0 Å². The standard InChI is InChI=1S/C24H36N8/c1-25-23(29-22-8-13-31(14-9-22)20-21-6-3-2-4-7-21)26-12-15-30-16-18-32(19-17-30)24-27-10-5-11-28-24/h2-7,10-11,22H,8-9,12-20H2,1H3,(H2,25,26,29). The summed E-state index contributed by atoms with van der Waals surface area (Å²) in [7, 11) is 1.86. The van der Waals surface area contributed by atoms with Crippen LogP contribution in [-0.2, 0) is 6.54 Å². The summed E-state index contributed by atoms with van der Waals surface area (Å²) >= 11 is 0. The molecule has 0 spiro atoms. The van der Waals surface area contributed by atoms with Crippen LogP contribution in [0.15, 0.2) is 53.8 Å². The molecule has 1 aromatic carbocycles. The summed E-state index contributed by atoms with van der Waals surface area (Å²) in [5.41, 5.74) is 1.40. The van der Waals surface area contributed by atoms with Crippen LogP contribution in [0.4, 0.5) is 5.95 Å². The van der Waals surface area contributed by atoms with Crippen LogP contribution in [0, 0.1) is 0 Å². The third-order valence-electron chi connectivity index (χ3n) is 6.33. The maximum Gasteiger partial charge on any atom is 0.225 e. The Hall–Kier alpha value is -2.71. The van der Waals surface area contributed by atoms with Crippen molar-refractivity contribution in [1.29, 1.82) is 0 Å². The average molecular weight is 437 g/mol. The van der Waals surface area contributed by atoms with Gasteiger partial charge in [0, 0.05) is 84.4 Å². The van der Waals surface area contributed by atoms with E-state index in [0.29, 0.717) is 6.04 Å². The van der Waals surface area contributed by atoms with Gasteiger partial charge < -0.3 is 15.5 Å². The molecule has 0 atom stereocenters. The van der Waals surface area contributed by atoms with Crippen LogP contribution in [0.5, 0.6) is 0 Å². The maximum atomic E-state index is 4.44. The number of likely N-dealkylation sites (tertiary alicyclic amines) is 1. The number of nitrogens with zero attached hydrogens (tertiary/aromatic N) is 6. The number of aliphatic imine (C=N–C) groups is 1. The summed E-state index contributed by atoms with van der Waals surface area (Å²) in [6, 6.07) is 13.1. The van der Waals surface area contributed by atoms with Crippen molar-refractivity contribution in [2.75, 3.05) is 64.3 Å². The first-order valence-electron chi connectivity index (χ1n) is 11.8. The number of hydrogen-bond donors (Lipinski definition) is 2. The number of piperazine rings is 1. The van der Waals surface area contributed by atoms with Crippen LogP contribution in [0.1, 0.15) is 18.4 Å². The van der Waals surface area contributed by atoms with Gasteiger partial charge in [0.05, 0.1) is 0 Å². The number of nitrogens with one attached hydrogen (secondary N) is 2. The molecule has 2 aliphatic heterocycles. The summed E-state index contributed by atoms with van der Waals surface area (Å²) in [6.45, 7) is 9.21.